The fraction of sp³-hybridized carbons (Fsp3) is 0.152. The molecule has 5 rings (SSSR count). The molecule has 0 saturated carbocycles. The van der Waals surface area contributed by atoms with E-state index >= 15 is 0 Å². The van der Waals surface area contributed by atoms with Gasteiger partial charge in [0.1, 0.15) is 17.3 Å². The standard InChI is InChI=1S/C33H28N4O2/c1-22-14-15-23(2)28(18-22)31-26(21-37(35-31)27-12-8-5-9-13-27)19-29-24(3)30(20-34)33(39)36(32(29)38)17-16-25-10-6-4-7-11-25/h4-15,18-19,21H,16-17H2,1-3H3/b29-19+. The number of para-hydroxylation sites is 1. The fourth-order valence-electron chi connectivity index (χ4n) is 4.78. The van der Waals surface area contributed by atoms with Gasteiger partial charge in [0.2, 0.25) is 0 Å². The number of hydrogen-bond acceptors (Lipinski definition) is 4. The van der Waals surface area contributed by atoms with E-state index in [1.54, 1.807) is 17.7 Å². The monoisotopic (exact) mass is 512 g/mol. The van der Waals surface area contributed by atoms with Crippen LogP contribution in [0.15, 0.2) is 102 Å². The molecule has 2 heterocycles. The molecule has 6 nitrogen and oxygen atoms in total. The normalized spacial score (nSPS) is 14.7. The maximum Gasteiger partial charge on any atom is 0.271 e. The average Bonchev–Trinajstić information content (AvgIpc) is 3.37. The summed E-state index contributed by atoms with van der Waals surface area (Å²) in [5, 5.41) is 14.8. The Balaban J connectivity index is 1.63. The van der Waals surface area contributed by atoms with Crippen LogP contribution in [0, 0.1) is 25.2 Å². The SMILES string of the molecule is CC1=C(C#N)C(=O)N(CCc2ccccc2)C(=O)/C1=C/c1cn(-c2ccccc2)nc1-c1cc(C)ccc1C. The molecule has 1 aromatic heterocycles. The molecule has 0 aliphatic carbocycles. The Morgan fingerprint density at radius 1 is 0.897 bits per heavy atom. The van der Waals surface area contributed by atoms with Crippen molar-refractivity contribution < 1.29 is 9.59 Å². The highest BCUT2D eigenvalue weighted by Crippen LogP contribution is 2.33. The Kier molecular flexibility index (Phi) is 7.07. The van der Waals surface area contributed by atoms with Crippen LogP contribution < -0.4 is 0 Å². The molecule has 1 aliphatic heterocycles. The third-order valence-corrected chi connectivity index (χ3v) is 7.00. The molecule has 3 aromatic carbocycles. The smallest absolute Gasteiger partial charge is 0.271 e. The first-order chi connectivity index (χ1) is 18.9. The van der Waals surface area contributed by atoms with Gasteiger partial charge in [0.25, 0.3) is 11.8 Å². The maximum absolute atomic E-state index is 13.7. The van der Waals surface area contributed by atoms with Crippen LogP contribution in [0.4, 0.5) is 0 Å². The summed E-state index contributed by atoms with van der Waals surface area (Å²) >= 11 is 0. The van der Waals surface area contributed by atoms with Gasteiger partial charge >= 0.3 is 0 Å². The van der Waals surface area contributed by atoms with Crippen LogP contribution in [-0.4, -0.2) is 33.0 Å². The van der Waals surface area contributed by atoms with Gasteiger partial charge in [0, 0.05) is 29.4 Å². The fourth-order valence-corrected chi connectivity index (χ4v) is 4.78. The van der Waals surface area contributed by atoms with E-state index in [9.17, 15) is 14.9 Å². The molecule has 0 atom stereocenters. The third-order valence-electron chi connectivity index (χ3n) is 7.00. The Bertz CT molecular complexity index is 1670. The summed E-state index contributed by atoms with van der Waals surface area (Å²) in [6, 6.07) is 27.7. The Morgan fingerprint density at radius 3 is 2.28 bits per heavy atom. The Morgan fingerprint density at radius 2 is 1.59 bits per heavy atom. The lowest BCUT2D eigenvalue weighted by molar-refractivity contribution is -0.140. The molecule has 0 saturated heterocycles. The summed E-state index contributed by atoms with van der Waals surface area (Å²) in [6.45, 7) is 5.91. The summed E-state index contributed by atoms with van der Waals surface area (Å²) in [5.41, 5.74) is 7.13. The first-order valence-corrected chi connectivity index (χ1v) is 12.8. The Hall–Kier alpha value is -5.02. The van der Waals surface area contributed by atoms with Crippen LogP contribution in [-0.2, 0) is 16.0 Å². The molecule has 0 radical (unpaired) electrons. The minimum Gasteiger partial charge on any atom is -0.273 e. The predicted octanol–water partition coefficient (Wildman–Crippen LogP) is 5.99. The predicted molar refractivity (Wildman–Crippen MR) is 152 cm³/mol. The molecule has 0 spiro atoms. The molecule has 0 N–H and O–H groups in total. The zero-order chi connectivity index (χ0) is 27.5. The van der Waals surface area contributed by atoms with Gasteiger partial charge in [-0.1, -0.05) is 66.2 Å². The Labute approximate surface area is 228 Å². The minimum absolute atomic E-state index is 0.0161. The summed E-state index contributed by atoms with van der Waals surface area (Å²) in [7, 11) is 0. The van der Waals surface area contributed by atoms with E-state index in [1.807, 2.05) is 86.8 Å². The first-order valence-electron chi connectivity index (χ1n) is 12.8. The van der Waals surface area contributed by atoms with Crippen molar-refractivity contribution >= 4 is 17.9 Å². The largest absolute Gasteiger partial charge is 0.273 e. The molecule has 192 valence electrons. The minimum atomic E-state index is -0.553. The summed E-state index contributed by atoms with van der Waals surface area (Å²) in [6.07, 6.45) is 4.15. The molecular weight excluding hydrogens is 484 g/mol. The van der Waals surface area contributed by atoms with Gasteiger partial charge in [-0.15, -0.1) is 0 Å². The number of imide groups is 1. The molecule has 0 unspecified atom stereocenters. The van der Waals surface area contributed by atoms with Crippen LogP contribution in [0.2, 0.25) is 0 Å². The number of nitriles is 1. The van der Waals surface area contributed by atoms with Gasteiger partial charge in [-0.25, -0.2) is 4.68 Å². The molecule has 4 aromatic rings. The van der Waals surface area contributed by atoms with Crippen LogP contribution in [0.1, 0.15) is 29.2 Å². The number of carbonyl (C=O) groups is 2. The van der Waals surface area contributed by atoms with Gasteiger partial charge in [-0.2, -0.15) is 10.4 Å². The highest BCUT2D eigenvalue weighted by Gasteiger charge is 2.35. The van der Waals surface area contributed by atoms with Gasteiger partial charge in [-0.05, 0) is 68.2 Å². The van der Waals surface area contributed by atoms with Crippen molar-refractivity contribution in [3.05, 3.63) is 124 Å². The number of hydrogen-bond donors (Lipinski definition) is 0. The number of nitrogens with zero attached hydrogens (tertiary/aromatic N) is 4. The van der Waals surface area contributed by atoms with Crippen molar-refractivity contribution in [2.45, 2.75) is 27.2 Å². The van der Waals surface area contributed by atoms with Crippen molar-refractivity contribution in [1.82, 2.24) is 14.7 Å². The molecule has 6 heteroatoms. The number of aryl methyl sites for hydroxylation is 2. The summed E-state index contributed by atoms with van der Waals surface area (Å²) < 4.78 is 1.79. The number of amides is 2. The van der Waals surface area contributed by atoms with Crippen LogP contribution >= 0.6 is 0 Å². The van der Waals surface area contributed by atoms with Crippen LogP contribution in [0.5, 0.6) is 0 Å². The first kappa shape index (κ1) is 25.6. The van der Waals surface area contributed by atoms with E-state index < -0.39 is 11.8 Å². The van der Waals surface area contributed by atoms with Crippen LogP contribution in [0.25, 0.3) is 23.0 Å². The molecule has 0 fully saturated rings. The molecule has 39 heavy (non-hydrogen) atoms. The second-order valence-corrected chi connectivity index (χ2v) is 9.70. The van der Waals surface area contributed by atoms with Crippen LogP contribution in [0.3, 0.4) is 0 Å². The third kappa shape index (κ3) is 5.07. The van der Waals surface area contributed by atoms with E-state index in [-0.39, 0.29) is 12.1 Å². The lowest BCUT2D eigenvalue weighted by atomic mass is 9.92. The molecule has 2 amide bonds. The van der Waals surface area contributed by atoms with E-state index in [2.05, 4.69) is 18.2 Å². The number of aromatic nitrogens is 2. The summed E-state index contributed by atoms with van der Waals surface area (Å²) in [4.78, 5) is 28.1. The highest BCUT2D eigenvalue weighted by atomic mass is 16.2. The van der Waals surface area contributed by atoms with Crippen molar-refractivity contribution in [2.24, 2.45) is 0 Å². The van der Waals surface area contributed by atoms with Gasteiger partial charge in [-0.3, -0.25) is 14.5 Å². The second kappa shape index (κ2) is 10.8. The quantitative estimate of drug-likeness (QED) is 0.235. The molecule has 1 aliphatic rings. The topological polar surface area (TPSA) is 79.0 Å². The van der Waals surface area contributed by atoms with E-state index in [0.717, 1.165) is 39.2 Å². The number of benzene rings is 3. The number of carbonyl (C=O) groups excluding carboxylic acids is 2. The molecule has 0 bridgehead atoms. The zero-order valence-electron chi connectivity index (χ0n) is 22.2. The van der Waals surface area contributed by atoms with Crippen molar-refractivity contribution in [2.75, 3.05) is 6.54 Å². The zero-order valence-corrected chi connectivity index (χ0v) is 22.2. The maximum atomic E-state index is 13.7. The van der Waals surface area contributed by atoms with Gasteiger partial charge < -0.3 is 0 Å². The van der Waals surface area contributed by atoms with E-state index in [1.165, 1.54) is 4.90 Å². The number of rotatable bonds is 6. The second-order valence-electron chi connectivity index (χ2n) is 9.70. The van der Waals surface area contributed by atoms with Crippen molar-refractivity contribution in [3.8, 4) is 23.0 Å². The molecular formula is C33H28N4O2. The van der Waals surface area contributed by atoms with Crippen molar-refractivity contribution in [1.29, 1.82) is 5.26 Å². The lowest BCUT2D eigenvalue weighted by Gasteiger charge is -2.27. The van der Waals surface area contributed by atoms with E-state index in [0.29, 0.717) is 17.6 Å². The highest BCUT2D eigenvalue weighted by molar-refractivity contribution is 6.19. The van der Waals surface area contributed by atoms with Gasteiger partial charge in [0.05, 0.1) is 5.69 Å². The van der Waals surface area contributed by atoms with Crippen molar-refractivity contribution in [3.63, 3.8) is 0 Å². The van der Waals surface area contributed by atoms with E-state index in [4.69, 9.17) is 5.10 Å². The van der Waals surface area contributed by atoms with Gasteiger partial charge in [0.15, 0.2) is 0 Å². The lowest BCUT2D eigenvalue weighted by Crippen LogP contribution is -2.43. The summed E-state index contributed by atoms with van der Waals surface area (Å²) in [5.74, 6) is -0.963. The average molecular weight is 513 g/mol.